The second-order valence-corrected chi connectivity index (χ2v) is 4.03. The lowest BCUT2D eigenvalue weighted by Gasteiger charge is -2.02. The molecule has 0 unspecified atom stereocenters. The van der Waals surface area contributed by atoms with Gasteiger partial charge in [0.05, 0.1) is 0 Å². The molecule has 108 valence electrons. The van der Waals surface area contributed by atoms with E-state index in [0.29, 0.717) is 0 Å². The third-order valence-electron chi connectivity index (χ3n) is 2.24. The Hall–Kier alpha value is -1.69. The van der Waals surface area contributed by atoms with Crippen LogP contribution < -0.4 is 0 Å². The molecule has 0 saturated heterocycles. The molecule has 0 aromatic heterocycles. The Kier molecular flexibility index (Phi) is 5.44. The van der Waals surface area contributed by atoms with Crippen molar-refractivity contribution in [2.24, 2.45) is 0 Å². The number of aryl methyl sites for hydroxylation is 1. The lowest BCUT2D eigenvalue weighted by Crippen LogP contribution is -1.89. The second-order valence-electron chi connectivity index (χ2n) is 3.70. The van der Waals surface area contributed by atoms with Crippen molar-refractivity contribution in [3.05, 3.63) is 64.0 Å². The molecule has 0 spiro atoms. The van der Waals surface area contributed by atoms with E-state index in [0.717, 1.165) is 17.7 Å². The number of benzene rings is 1. The van der Waals surface area contributed by atoms with Gasteiger partial charge in [-0.15, -0.1) is 0 Å². The zero-order valence-electron chi connectivity index (χ0n) is 9.96. The van der Waals surface area contributed by atoms with Crippen LogP contribution in [-0.2, 0) is 0 Å². The van der Waals surface area contributed by atoms with Gasteiger partial charge >= 0.3 is 0 Å². The maximum atomic E-state index is 13.5. The van der Waals surface area contributed by atoms with Crippen molar-refractivity contribution in [1.29, 1.82) is 0 Å². The van der Waals surface area contributed by atoms with E-state index in [-0.39, 0.29) is 5.56 Å². The first-order valence-corrected chi connectivity index (χ1v) is 5.52. The molecule has 0 radical (unpaired) electrons. The fraction of sp³-hybridized carbons (Fsp3) is 0.0769. The molecule has 0 amide bonds. The normalized spacial score (nSPS) is 15.4. The monoisotopic (exact) mass is 312 g/mol. The minimum absolute atomic E-state index is 0.383. The number of hydrogen-bond acceptors (Lipinski definition) is 0. The third-order valence-corrected chi connectivity index (χ3v) is 2.41. The molecule has 0 saturated carbocycles. The van der Waals surface area contributed by atoms with E-state index in [4.69, 9.17) is 0 Å². The quantitative estimate of drug-likeness (QED) is 0.467. The number of hydrogen-bond donors (Lipinski definition) is 0. The third kappa shape index (κ3) is 3.66. The summed E-state index contributed by atoms with van der Waals surface area (Å²) in [6.45, 7) is 1.67. The highest BCUT2D eigenvalue weighted by Crippen LogP contribution is 2.33. The summed E-state index contributed by atoms with van der Waals surface area (Å²) in [6.07, 6.45) is 0. The molecule has 0 aliphatic carbocycles. The molecule has 0 aliphatic heterocycles. The van der Waals surface area contributed by atoms with Gasteiger partial charge in [-0.05, 0) is 18.5 Å². The van der Waals surface area contributed by atoms with E-state index < -0.39 is 34.4 Å². The maximum absolute atomic E-state index is 13.5. The molecule has 20 heavy (non-hydrogen) atoms. The van der Waals surface area contributed by atoms with Crippen LogP contribution >= 0.6 is 11.6 Å². The van der Waals surface area contributed by atoms with Crippen molar-refractivity contribution in [1.82, 2.24) is 0 Å². The lowest BCUT2D eigenvalue weighted by molar-refractivity contribution is 0.454. The van der Waals surface area contributed by atoms with Crippen molar-refractivity contribution in [2.45, 2.75) is 6.92 Å². The Morgan fingerprint density at radius 3 is 1.65 bits per heavy atom. The fourth-order valence-corrected chi connectivity index (χ4v) is 1.28. The summed E-state index contributed by atoms with van der Waals surface area (Å²) in [6, 6.07) is 5.03. The van der Waals surface area contributed by atoms with Gasteiger partial charge in [0.2, 0.25) is 22.8 Å². The standard InChI is InChI=1S/C13H7ClF6/c1-6-2-4-7(5-3-6)8(15)9(16)10(17)11(18)12(19)13(14)20/h2-5H,1H3/b9-8+,11-10+,13-12+. The summed E-state index contributed by atoms with van der Waals surface area (Å²) < 4.78 is 77.7. The molecule has 0 bridgehead atoms. The summed E-state index contributed by atoms with van der Waals surface area (Å²) >= 11 is 4.45. The zero-order chi connectivity index (χ0) is 15.4. The molecular weight excluding hydrogens is 306 g/mol. The molecule has 0 heterocycles. The molecule has 1 aromatic rings. The van der Waals surface area contributed by atoms with E-state index in [1.54, 1.807) is 6.92 Å². The fourth-order valence-electron chi connectivity index (χ4n) is 1.20. The van der Waals surface area contributed by atoms with Crippen LogP contribution in [-0.4, -0.2) is 0 Å². The zero-order valence-corrected chi connectivity index (χ0v) is 10.7. The summed E-state index contributed by atoms with van der Waals surface area (Å²) in [5.41, 5.74) is 0.342. The molecule has 1 rings (SSSR count). The van der Waals surface area contributed by atoms with Crippen molar-refractivity contribution in [3.8, 4) is 0 Å². The number of rotatable bonds is 3. The van der Waals surface area contributed by atoms with Gasteiger partial charge in [0, 0.05) is 5.56 Å². The second kappa shape index (κ2) is 6.65. The smallest absolute Gasteiger partial charge is 0.203 e. The van der Waals surface area contributed by atoms with Crippen LogP contribution in [0.5, 0.6) is 0 Å². The Bertz CT molecular complexity index is 594. The Morgan fingerprint density at radius 2 is 1.20 bits per heavy atom. The van der Waals surface area contributed by atoms with Crippen LogP contribution in [0.15, 0.2) is 52.9 Å². The molecule has 0 atom stereocenters. The first-order chi connectivity index (χ1) is 9.25. The molecule has 1 aromatic carbocycles. The van der Waals surface area contributed by atoms with E-state index in [2.05, 4.69) is 11.6 Å². The molecular formula is C13H7ClF6. The molecule has 7 heteroatoms. The first-order valence-electron chi connectivity index (χ1n) is 5.14. The van der Waals surface area contributed by atoms with Crippen LogP contribution in [0.1, 0.15) is 11.1 Å². The van der Waals surface area contributed by atoms with Crippen molar-refractivity contribution < 1.29 is 26.3 Å². The highest BCUT2D eigenvalue weighted by molar-refractivity contribution is 6.28. The van der Waals surface area contributed by atoms with E-state index in [9.17, 15) is 26.3 Å². The Balaban J connectivity index is 3.30. The van der Waals surface area contributed by atoms with Gasteiger partial charge < -0.3 is 0 Å². The summed E-state index contributed by atoms with van der Waals surface area (Å²) in [4.78, 5) is 0. The predicted molar refractivity (Wildman–Crippen MR) is 64.7 cm³/mol. The van der Waals surface area contributed by atoms with Crippen molar-refractivity contribution in [3.63, 3.8) is 0 Å². The van der Waals surface area contributed by atoms with E-state index in [1.807, 2.05) is 0 Å². The van der Waals surface area contributed by atoms with E-state index >= 15 is 0 Å². The largest absolute Gasteiger partial charge is 0.228 e. The molecule has 0 N–H and O–H groups in total. The summed E-state index contributed by atoms with van der Waals surface area (Å²) in [7, 11) is 0. The van der Waals surface area contributed by atoms with Crippen LogP contribution in [0.25, 0.3) is 5.83 Å². The topological polar surface area (TPSA) is 0 Å². The van der Waals surface area contributed by atoms with Gasteiger partial charge in [-0.2, -0.15) is 8.78 Å². The predicted octanol–water partition coefficient (Wildman–Crippen LogP) is 6.10. The SMILES string of the molecule is Cc1ccc(/C(F)=C(F)/C(F)=C(F)/C(F)=C(\F)Cl)cc1. The van der Waals surface area contributed by atoms with Gasteiger partial charge in [-0.3, -0.25) is 0 Å². The average molecular weight is 313 g/mol. The first kappa shape index (κ1) is 16.4. The Labute approximate surface area is 115 Å². The highest BCUT2D eigenvalue weighted by atomic mass is 35.5. The van der Waals surface area contributed by atoms with E-state index in [1.165, 1.54) is 12.1 Å². The van der Waals surface area contributed by atoms with Gasteiger partial charge in [0.15, 0.2) is 11.7 Å². The number of halogens is 7. The average Bonchev–Trinajstić information content (AvgIpc) is 2.44. The molecule has 0 nitrogen and oxygen atoms in total. The van der Waals surface area contributed by atoms with Crippen molar-refractivity contribution in [2.75, 3.05) is 0 Å². The minimum Gasteiger partial charge on any atom is -0.203 e. The van der Waals surface area contributed by atoms with Crippen LogP contribution in [0.4, 0.5) is 26.3 Å². The van der Waals surface area contributed by atoms with Gasteiger partial charge in [0.25, 0.3) is 0 Å². The summed E-state index contributed by atoms with van der Waals surface area (Å²) in [5, 5.41) is -2.21. The summed E-state index contributed by atoms with van der Waals surface area (Å²) in [5.74, 6) is -11.6. The maximum Gasteiger partial charge on any atom is 0.228 e. The minimum atomic E-state index is -2.56. The molecule has 0 fully saturated rings. The molecule has 0 aliphatic rings. The van der Waals surface area contributed by atoms with Gasteiger partial charge in [-0.1, -0.05) is 29.8 Å². The van der Waals surface area contributed by atoms with Crippen LogP contribution in [0.2, 0.25) is 0 Å². The van der Waals surface area contributed by atoms with Gasteiger partial charge in [-0.25, -0.2) is 17.6 Å². The van der Waals surface area contributed by atoms with Crippen LogP contribution in [0.3, 0.4) is 0 Å². The van der Waals surface area contributed by atoms with Crippen molar-refractivity contribution >= 4 is 17.4 Å². The van der Waals surface area contributed by atoms with Crippen LogP contribution in [0, 0.1) is 6.92 Å². The Morgan fingerprint density at radius 1 is 0.750 bits per heavy atom. The van der Waals surface area contributed by atoms with Gasteiger partial charge in [0.1, 0.15) is 0 Å². The lowest BCUT2D eigenvalue weighted by atomic mass is 10.1. The highest BCUT2D eigenvalue weighted by Gasteiger charge is 2.23. The number of allylic oxidation sites excluding steroid dienone is 4.